The SMILES string of the molecule is CC(C)(C)OC(=O)N1CCC2(CC1)C(=O)Nc1cnccc12.CO.O=C1Nc2cnccc2C12CCCCC2. The molecule has 6 rings (SSSR count). The molecule has 0 bridgehead atoms. The van der Waals surface area contributed by atoms with E-state index >= 15 is 0 Å². The van der Waals surface area contributed by atoms with Crippen LogP contribution in [-0.2, 0) is 25.2 Å². The quantitative estimate of drug-likeness (QED) is 0.460. The lowest BCUT2D eigenvalue weighted by atomic mass is 9.70. The number of aliphatic hydroxyl groups is 1. The Labute approximate surface area is 229 Å². The Hall–Kier alpha value is -3.53. The van der Waals surface area contributed by atoms with Crippen molar-refractivity contribution >= 4 is 29.3 Å². The average molecular weight is 538 g/mol. The van der Waals surface area contributed by atoms with Gasteiger partial charge in [0.15, 0.2) is 0 Å². The van der Waals surface area contributed by atoms with Crippen molar-refractivity contribution in [1.82, 2.24) is 14.9 Å². The van der Waals surface area contributed by atoms with E-state index in [2.05, 4.69) is 20.6 Å². The lowest BCUT2D eigenvalue weighted by molar-refractivity contribution is -0.123. The van der Waals surface area contributed by atoms with Crippen molar-refractivity contribution < 1.29 is 24.2 Å². The summed E-state index contributed by atoms with van der Waals surface area (Å²) in [6, 6.07) is 3.90. The van der Waals surface area contributed by atoms with Crippen LogP contribution in [0.3, 0.4) is 0 Å². The number of anilines is 2. The smallest absolute Gasteiger partial charge is 0.410 e. The van der Waals surface area contributed by atoms with E-state index in [4.69, 9.17) is 9.84 Å². The average Bonchev–Trinajstić information content (AvgIpc) is 3.35. The molecule has 10 heteroatoms. The summed E-state index contributed by atoms with van der Waals surface area (Å²) in [7, 11) is 1.00. The van der Waals surface area contributed by atoms with Gasteiger partial charge in [-0.25, -0.2) is 4.79 Å². The number of hydrogen-bond donors (Lipinski definition) is 3. The number of fused-ring (bicyclic) bond motifs is 4. The first-order valence-corrected chi connectivity index (χ1v) is 13.6. The molecule has 2 fully saturated rings. The summed E-state index contributed by atoms with van der Waals surface area (Å²) in [5.41, 5.74) is 2.61. The maximum absolute atomic E-state index is 12.4. The molecule has 0 aromatic carbocycles. The second kappa shape index (κ2) is 11.3. The van der Waals surface area contributed by atoms with Crippen molar-refractivity contribution in [2.45, 2.75) is 82.1 Å². The Balaban J connectivity index is 0.000000180. The summed E-state index contributed by atoms with van der Waals surface area (Å²) in [4.78, 5) is 46.4. The maximum atomic E-state index is 12.4. The van der Waals surface area contributed by atoms with Gasteiger partial charge in [0.25, 0.3) is 0 Å². The van der Waals surface area contributed by atoms with Crippen LogP contribution in [0.5, 0.6) is 0 Å². The van der Waals surface area contributed by atoms with Crippen molar-refractivity contribution in [3.05, 3.63) is 48.0 Å². The van der Waals surface area contributed by atoms with Crippen LogP contribution in [-0.4, -0.2) is 63.7 Å². The summed E-state index contributed by atoms with van der Waals surface area (Å²) in [6.45, 7) is 6.59. The van der Waals surface area contributed by atoms with Crippen LogP contribution in [0.25, 0.3) is 0 Å². The number of hydrogen-bond acceptors (Lipinski definition) is 7. The molecule has 4 aliphatic rings. The van der Waals surface area contributed by atoms with E-state index in [1.807, 2.05) is 32.9 Å². The van der Waals surface area contributed by atoms with Gasteiger partial charge in [-0.05, 0) is 69.7 Å². The third-order valence-corrected chi connectivity index (χ3v) is 8.01. The van der Waals surface area contributed by atoms with Crippen molar-refractivity contribution in [2.75, 3.05) is 30.8 Å². The predicted octanol–water partition coefficient (Wildman–Crippen LogP) is 4.15. The zero-order chi connectivity index (χ0) is 28.3. The third kappa shape index (κ3) is 5.48. The monoisotopic (exact) mass is 537 g/mol. The fraction of sp³-hybridized carbons (Fsp3) is 0.552. The Morgan fingerprint density at radius 2 is 1.31 bits per heavy atom. The fourth-order valence-corrected chi connectivity index (χ4v) is 6.10. The first-order valence-electron chi connectivity index (χ1n) is 13.6. The lowest BCUT2D eigenvalue weighted by Crippen LogP contribution is -2.49. The molecular formula is C29H39N5O5. The van der Waals surface area contributed by atoms with Crippen molar-refractivity contribution in [1.29, 1.82) is 0 Å². The van der Waals surface area contributed by atoms with Gasteiger partial charge in [0.2, 0.25) is 11.8 Å². The molecule has 3 N–H and O–H groups in total. The number of piperidine rings is 1. The second-order valence-electron chi connectivity index (χ2n) is 11.4. The largest absolute Gasteiger partial charge is 0.444 e. The van der Waals surface area contributed by atoms with Crippen LogP contribution in [0.2, 0.25) is 0 Å². The lowest BCUT2D eigenvalue weighted by Gasteiger charge is -2.38. The summed E-state index contributed by atoms with van der Waals surface area (Å²) in [5.74, 6) is 0.199. The van der Waals surface area contributed by atoms with Gasteiger partial charge in [-0.3, -0.25) is 19.6 Å². The molecule has 10 nitrogen and oxygen atoms in total. The minimum Gasteiger partial charge on any atom is -0.444 e. The van der Waals surface area contributed by atoms with Crippen LogP contribution in [0.1, 0.15) is 76.8 Å². The zero-order valence-electron chi connectivity index (χ0n) is 23.2. The number of carbonyl (C=O) groups excluding carboxylic acids is 3. The van der Waals surface area contributed by atoms with E-state index in [0.29, 0.717) is 25.9 Å². The normalized spacial score (nSPS) is 20.0. The zero-order valence-corrected chi connectivity index (χ0v) is 23.2. The molecule has 2 aromatic rings. The second-order valence-corrected chi connectivity index (χ2v) is 11.4. The van der Waals surface area contributed by atoms with Gasteiger partial charge in [-0.2, -0.15) is 0 Å². The van der Waals surface area contributed by atoms with Crippen LogP contribution in [0.15, 0.2) is 36.9 Å². The Kier molecular flexibility index (Phi) is 8.25. The molecule has 1 saturated carbocycles. The van der Waals surface area contributed by atoms with E-state index in [9.17, 15) is 14.4 Å². The van der Waals surface area contributed by atoms with Gasteiger partial charge in [0, 0.05) is 32.6 Å². The molecule has 2 spiro atoms. The number of aliphatic hydroxyl groups excluding tert-OH is 1. The predicted molar refractivity (Wildman–Crippen MR) is 147 cm³/mol. The molecule has 210 valence electrons. The molecule has 3 amide bonds. The third-order valence-electron chi connectivity index (χ3n) is 8.01. The fourth-order valence-electron chi connectivity index (χ4n) is 6.10. The van der Waals surface area contributed by atoms with Crippen molar-refractivity contribution in [2.24, 2.45) is 0 Å². The van der Waals surface area contributed by atoms with Gasteiger partial charge in [0.05, 0.1) is 34.6 Å². The first-order chi connectivity index (χ1) is 18.6. The van der Waals surface area contributed by atoms with Crippen LogP contribution < -0.4 is 10.6 Å². The van der Waals surface area contributed by atoms with Gasteiger partial charge in [-0.15, -0.1) is 0 Å². The highest BCUT2D eigenvalue weighted by Crippen LogP contribution is 2.47. The Morgan fingerprint density at radius 1 is 0.846 bits per heavy atom. The molecule has 0 radical (unpaired) electrons. The topological polar surface area (TPSA) is 134 Å². The number of nitrogens with zero attached hydrogens (tertiary/aromatic N) is 3. The molecule has 39 heavy (non-hydrogen) atoms. The van der Waals surface area contributed by atoms with E-state index in [1.165, 1.54) is 12.0 Å². The molecule has 2 aromatic heterocycles. The molecule has 3 aliphatic heterocycles. The number of carbonyl (C=O) groups is 3. The van der Waals surface area contributed by atoms with Crippen LogP contribution in [0.4, 0.5) is 16.2 Å². The highest BCUT2D eigenvalue weighted by Gasteiger charge is 2.49. The van der Waals surface area contributed by atoms with Crippen LogP contribution in [0, 0.1) is 0 Å². The van der Waals surface area contributed by atoms with E-state index in [1.54, 1.807) is 29.7 Å². The standard InChI is InChI=1S/C16H21N3O3.C12H14N2O.CH4O/c1-15(2,3)22-14(21)19-8-5-16(6-9-19)11-4-7-17-10-12(11)18-13(16)20;15-11-12(5-2-1-3-6-12)9-4-7-13-8-10(9)14-11;1-2/h4,7,10H,5-6,8-9H2,1-3H3,(H,18,20);4,7-8H,1-3,5-6H2,(H,14,15);2H,1H3. The maximum Gasteiger partial charge on any atom is 0.410 e. The van der Waals surface area contributed by atoms with E-state index in [0.717, 1.165) is 49.7 Å². The van der Waals surface area contributed by atoms with Gasteiger partial charge >= 0.3 is 6.09 Å². The Bertz CT molecular complexity index is 1210. The molecule has 1 saturated heterocycles. The summed E-state index contributed by atoms with van der Waals surface area (Å²) in [6.07, 6.45) is 13.4. The van der Waals surface area contributed by atoms with E-state index in [-0.39, 0.29) is 23.3 Å². The van der Waals surface area contributed by atoms with E-state index < -0.39 is 11.0 Å². The van der Waals surface area contributed by atoms with Crippen molar-refractivity contribution in [3.63, 3.8) is 0 Å². The number of pyridine rings is 2. The number of rotatable bonds is 0. The summed E-state index contributed by atoms with van der Waals surface area (Å²) < 4.78 is 5.40. The summed E-state index contributed by atoms with van der Waals surface area (Å²) in [5, 5.41) is 12.9. The Morgan fingerprint density at radius 3 is 1.77 bits per heavy atom. The van der Waals surface area contributed by atoms with Gasteiger partial charge in [-0.1, -0.05) is 19.3 Å². The highest BCUT2D eigenvalue weighted by molar-refractivity contribution is 6.06. The highest BCUT2D eigenvalue weighted by atomic mass is 16.6. The molecule has 0 unspecified atom stereocenters. The van der Waals surface area contributed by atoms with Crippen molar-refractivity contribution in [3.8, 4) is 0 Å². The first kappa shape index (κ1) is 28.5. The number of amides is 3. The number of likely N-dealkylation sites (tertiary alicyclic amines) is 1. The molecular weight excluding hydrogens is 498 g/mol. The van der Waals surface area contributed by atoms with Gasteiger partial charge < -0.3 is 25.4 Å². The van der Waals surface area contributed by atoms with Crippen LogP contribution >= 0.6 is 0 Å². The number of nitrogens with one attached hydrogen (secondary N) is 2. The molecule has 5 heterocycles. The number of ether oxygens (including phenoxy) is 1. The minimum atomic E-state index is -0.531. The van der Waals surface area contributed by atoms with Gasteiger partial charge in [0.1, 0.15) is 5.60 Å². The number of aromatic nitrogens is 2. The molecule has 1 aliphatic carbocycles. The summed E-state index contributed by atoms with van der Waals surface area (Å²) >= 11 is 0. The minimum absolute atomic E-state index is 0.0133. The molecule has 0 atom stereocenters.